The van der Waals surface area contributed by atoms with Crippen LogP contribution in [-0.2, 0) is 10.0 Å². The Balaban J connectivity index is 4.86. The highest BCUT2D eigenvalue weighted by Crippen LogP contribution is 2.12. The summed E-state index contributed by atoms with van der Waals surface area (Å²) < 4.78 is 25.4. The van der Waals surface area contributed by atoms with E-state index in [4.69, 9.17) is 5.26 Å². The van der Waals surface area contributed by atoms with Crippen LogP contribution in [0.3, 0.4) is 0 Å². The van der Waals surface area contributed by atoms with Crippen molar-refractivity contribution in [2.75, 3.05) is 13.1 Å². The minimum Gasteiger partial charge on any atom is -0.211 e. The highest BCUT2D eigenvalue weighted by atomic mass is 32.2. The highest BCUT2D eigenvalue weighted by Gasteiger charge is 2.29. The van der Waals surface area contributed by atoms with Gasteiger partial charge < -0.3 is 0 Å². The number of rotatable bonds is 7. The fourth-order valence-corrected chi connectivity index (χ4v) is 3.20. The van der Waals surface area contributed by atoms with Crippen LogP contribution < -0.4 is 0 Å². The molecule has 1 unspecified atom stereocenters. The molecule has 0 aromatic rings. The lowest BCUT2D eigenvalue weighted by atomic mass is 10.4. The van der Waals surface area contributed by atoms with E-state index in [1.54, 1.807) is 6.92 Å². The summed E-state index contributed by atoms with van der Waals surface area (Å²) >= 11 is 0. The molecular formula is C10H20N2O2S. The highest BCUT2D eigenvalue weighted by molar-refractivity contribution is 7.90. The molecule has 0 aliphatic heterocycles. The average molecular weight is 232 g/mol. The lowest BCUT2D eigenvalue weighted by molar-refractivity contribution is 0.405. The molecule has 0 fully saturated rings. The van der Waals surface area contributed by atoms with E-state index in [0.717, 1.165) is 12.8 Å². The van der Waals surface area contributed by atoms with Crippen molar-refractivity contribution >= 4 is 10.0 Å². The van der Waals surface area contributed by atoms with Gasteiger partial charge in [0.05, 0.1) is 6.07 Å². The standard InChI is InChI=1S/C10H20N2O2S/c1-4-7-12(8-5-2)15(13,14)10(6-3)9-11/h10H,4-8H2,1-3H3. The van der Waals surface area contributed by atoms with Crippen LogP contribution in [0, 0.1) is 11.3 Å². The van der Waals surface area contributed by atoms with Gasteiger partial charge in [0.1, 0.15) is 0 Å². The molecule has 0 spiro atoms. The van der Waals surface area contributed by atoms with Gasteiger partial charge in [-0.15, -0.1) is 0 Å². The molecule has 88 valence electrons. The molecule has 0 saturated heterocycles. The third-order valence-corrected chi connectivity index (χ3v) is 4.42. The van der Waals surface area contributed by atoms with E-state index in [1.807, 2.05) is 19.9 Å². The Bertz CT molecular complexity index is 300. The fourth-order valence-electron chi connectivity index (χ4n) is 1.41. The largest absolute Gasteiger partial charge is 0.230 e. The number of nitrogens with zero attached hydrogens (tertiary/aromatic N) is 2. The molecule has 0 aliphatic rings. The van der Waals surface area contributed by atoms with Gasteiger partial charge in [0, 0.05) is 13.1 Å². The third kappa shape index (κ3) is 3.80. The monoisotopic (exact) mass is 232 g/mol. The Morgan fingerprint density at radius 3 is 1.93 bits per heavy atom. The molecule has 0 aliphatic carbocycles. The maximum atomic E-state index is 12.0. The summed E-state index contributed by atoms with van der Waals surface area (Å²) in [5.41, 5.74) is 0. The molecule has 15 heavy (non-hydrogen) atoms. The van der Waals surface area contributed by atoms with Gasteiger partial charge >= 0.3 is 0 Å². The Morgan fingerprint density at radius 1 is 1.20 bits per heavy atom. The van der Waals surface area contributed by atoms with Gasteiger partial charge in [-0.05, 0) is 19.3 Å². The van der Waals surface area contributed by atoms with Crippen molar-refractivity contribution in [3.8, 4) is 6.07 Å². The predicted molar refractivity (Wildman–Crippen MR) is 60.8 cm³/mol. The van der Waals surface area contributed by atoms with Crippen molar-refractivity contribution in [1.29, 1.82) is 5.26 Å². The molecule has 0 radical (unpaired) electrons. The lowest BCUT2D eigenvalue weighted by Gasteiger charge is -2.23. The molecular weight excluding hydrogens is 212 g/mol. The first-order valence-corrected chi connectivity index (χ1v) is 6.93. The Morgan fingerprint density at radius 2 is 1.67 bits per heavy atom. The van der Waals surface area contributed by atoms with Gasteiger partial charge in [0.25, 0.3) is 0 Å². The topological polar surface area (TPSA) is 61.2 Å². The molecule has 1 atom stereocenters. The van der Waals surface area contributed by atoms with Crippen LogP contribution in [0.5, 0.6) is 0 Å². The Kier molecular flexibility index (Phi) is 6.53. The van der Waals surface area contributed by atoms with Crippen molar-refractivity contribution in [1.82, 2.24) is 4.31 Å². The summed E-state index contributed by atoms with van der Waals surface area (Å²) in [7, 11) is -3.42. The maximum absolute atomic E-state index is 12.0. The fraction of sp³-hybridized carbons (Fsp3) is 0.900. The summed E-state index contributed by atoms with van der Waals surface area (Å²) in [6, 6.07) is 1.86. The van der Waals surface area contributed by atoms with Crippen molar-refractivity contribution in [3.05, 3.63) is 0 Å². The first kappa shape index (κ1) is 14.4. The van der Waals surface area contributed by atoms with Gasteiger partial charge in [-0.3, -0.25) is 0 Å². The van der Waals surface area contributed by atoms with E-state index in [9.17, 15) is 8.42 Å². The molecule has 0 N–H and O–H groups in total. The molecule has 5 heteroatoms. The van der Waals surface area contributed by atoms with Crippen molar-refractivity contribution in [2.24, 2.45) is 0 Å². The zero-order valence-corrected chi connectivity index (χ0v) is 10.5. The van der Waals surface area contributed by atoms with Crippen LogP contribution in [-0.4, -0.2) is 31.1 Å². The van der Waals surface area contributed by atoms with Crippen LogP contribution in [0.15, 0.2) is 0 Å². The van der Waals surface area contributed by atoms with E-state index in [0.29, 0.717) is 19.5 Å². The lowest BCUT2D eigenvalue weighted by Crippen LogP contribution is -2.39. The van der Waals surface area contributed by atoms with E-state index >= 15 is 0 Å². The molecule has 0 aromatic heterocycles. The van der Waals surface area contributed by atoms with Crippen LogP contribution in [0.1, 0.15) is 40.0 Å². The molecule has 0 amide bonds. The van der Waals surface area contributed by atoms with Crippen LogP contribution in [0.4, 0.5) is 0 Å². The molecule has 0 rings (SSSR count). The minimum atomic E-state index is -3.42. The second-order valence-corrected chi connectivity index (χ2v) is 5.59. The zero-order chi connectivity index (χ0) is 11.9. The zero-order valence-electron chi connectivity index (χ0n) is 9.73. The van der Waals surface area contributed by atoms with Crippen molar-refractivity contribution in [2.45, 2.75) is 45.3 Å². The first-order valence-electron chi connectivity index (χ1n) is 5.43. The smallest absolute Gasteiger partial charge is 0.211 e. The van der Waals surface area contributed by atoms with Gasteiger partial charge in [-0.1, -0.05) is 20.8 Å². The molecule has 0 bridgehead atoms. The second-order valence-electron chi connectivity index (χ2n) is 3.47. The van der Waals surface area contributed by atoms with Crippen LogP contribution in [0.2, 0.25) is 0 Å². The van der Waals surface area contributed by atoms with Crippen molar-refractivity contribution < 1.29 is 8.42 Å². The van der Waals surface area contributed by atoms with E-state index < -0.39 is 15.3 Å². The predicted octanol–water partition coefficient (Wildman–Crippen LogP) is 1.74. The summed E-state index contributed by atoms with van der Waals surface area (Å²) in [6.07, 6.45) is 1.91. The minimum absolute atomic E-state index is 0.350. The third-order valence-electron chi connectivity index (χ3n) is 2.18. The molecule has 0 aromatic carbocycles. The van der Waals surface area contributed by atoms with Gasteiger partial charge in [0.15, 0.2) is 5.25 Å². The normalized spacial score (nSPS) is 13.8. The Hall–Kier alpha value is -0.600. The van der Waals surface area contributed by atoms with E-state index in [2.05, 4.69) is 0 Å². The van der Waals surface area contributed by atoms with Crippen LogP contribution in [0.25, 0.3) is 0 Å². The average Bonchev–Trinajstić information content (AvgIpc) is 2.19. The van der Waals surface area contributed by atoms with Crippen molar-refractivity contribution in [3.63, 3.8) is 0 Å². The SMILES string of the molecule is CCCN(CCC)S(=O)(=O)C(C#N)CC. The number of hydrogen-bond acceptors (Lipinski definition) is 3. The quantitative estimate of drug-likeness (QED) is 0.671. The number of hydrogen-bond donors (Lipinski definition) is 0. The summed E-state index contributed by atoms with van der Waals surface area (Å²) in [4.78, 5) is 0. The number of sulfonamides is 1. The summed E-state index contributed by atoms with van der Waals surface area (Å²) in [5.74, 6) is 0. The second kappa shape index (κ2) is 6.81. The van der Waals surface area contributed by atoms with E-state index in [1.165, 1.54) is 4.31 Å². The molecule has 0 saturated carbocycles. The summed E-state index contributed by atoms with van der Waals surface area (Å²) in [6.45, 7) is 6.61. The Labute approximate surface area is 92.9 Å². The molecule has 4 nitrogen and oxygen atoms in total. The summed E-state index contributed by atoms with van der Waals surface area (Å²) in [5, 5.41) is 7.90. The van der Waals surface area contributed by atoms with Gasteiger partial charge in [-0.25, -0.2) is 12.7 Å². The molecule has 0 heterocycles. The van der Waals surface area contributed by atoms with Gasteiger partial charge in [-0.2, -0.15) is 5.26 Å². The number of nitriles is 1. The van der Waals surface area contributed by atoms with Crippen LogP contribution >= 0.6 is 0 Å². The first-order chi connectivity index (χ1) is 7.04. The maximum Gasteiger partial charge on any atom is 0.230 e. The van der Waals surface area contributed by atoms with E-state index in [-0.39, 0.29) is 0 Å². The van der Waals surface area contributed by atoms with Gasteiger partial charge in [0.2, 0.25) is 10.0 Å².